The van der Waals surface area contributed by atoms with Crippen LogP contribution in [0.15, 0.2) is 24.3 Å². The second-order valence-corrected chi connectivity index (χ2v) is 13.3. The van der Waals surface area contributed by atoms with Gasteiger partial charge in [-0.1, -0.05) is 39.0 Å². The Morgan fingerprint density at radius 1 is 1.29 bits per heavy atom. The van der Waals surface area contributed by atoms with Crippen LogP contribution in [0.5, 0.6) is 5.75 Å². The summed E-state index contributed by atoms with van der Waals surface area (Å²) in [5.74, 6) is 0.834. The smallest absolute Gasteiger partial charge is 0.318 e. The van der Waals surface area contributed by atoms with Gasteiger partial charge in [-0.25, -0.2) is 4.79 Å². The van der Waals surface area contributed by atoms with Crippen molar-refractivity contribution in [2.75, 3.05) is 6.61 Å². The van der Waals surface area contributed by atoms with E-state index >= 15 is 0 Å². The number of para-hydroxylation sites is 1. The van der Waals surface area contributed by atoms with E-state index in [-0.39, 0.29) is 23.0 Å². The second kappa shape index (κ2) is 5.49. The van der Waals surface area contributed by atoms with Gasteiger partial charge in [-0.15, -0.1) is 0 Å². The molecule has 24 heavy (non-hydrogen) atoms. The average Bonchev–Trinajstić information content (AvgIpc) is 2.43. The molecular formula is C18H28N2O3Si. The molecule has 0 saturated carbocycles. The second-order valence-electron chi connectivity index (χ2n) is 8.50. The summed E-state index contributed by atoms with van der Waals surface area (Å²) < 4.78 is 12.6. The molecular weight excluding hydrogens is 320 g/mol. The van der Waals surface area contributed by atoms with Crippen LogP contribution in [-0.4, -0.2) is 26.7 Å². The number of hydrogen-bond donors (Lipinski definition) is 2. The van der Waals surface area contributed by atoms with Gasteiger partial charge in [-0.05, 0) is 31.1 Å². The first-order chi connectivity index (χ1) is 11.0. The number of carbonyl (C=O) groups is 1. The zero-order valence-electron chi connectivity index (χ0n) is 15.4. The predicted octanol–water partition coefficient (Wildman–Crippen LogP) is 3.79. The summed E-state index contributed by atoms with van der Waals surface area (Å²) in [7, 11) is -1.87. The van der Waals surface area contributed by atoms with E-state index in [1.807, 2.05) is 31.2 Å². The number of benzene rings is 1. The zero-order valence-corrected chi connectivity index (χ0v) is 16.4. The number of ether oxygens (including phenoxy) is 1. The van der Waals surface area contributed by atoms with Crippen molar-refractivity contribution in [1.82, 2.24) is 10.6 Å². The fourth-order valence-corrected chi connectivity index (χ4v) is 4.17. The summed E-state index contributed by atoms with van der Waals surface area (Å²) in [5, 5.41) is 6.16. The molecule has 0 aliphatic carbocycles. The molecule has 0 radical (unpaired) electrons. The number of carbonyl (C=O) groups excluding carboxylic acids is 1. The van der Waals surface area contributed by atoms with Gasteiger partial charge in [-0.2, -0.15) is 0 Å². The van der Waals surface area contributed by atoms with Crippen molar-refractivity contribution in [2.24, 2.45) is 5.92 Å². The standard InChI is InChI=1S/C18H28N2O3Si/c1-17(2,3)24(5,6)22-11-13-15-12-9-7-8-10-14(12)23-18(13,4)20-16(21)19-15/h7-10,13,15H,11H2,1-6H3,(H2,19,20,21)/t13-,15-,18+/m1/s1. The lowest BCUT2D eigenvalue weighted by Gasteiger charge is -2.51. The first-order valence-corrected chi connectivity index (χ1v) is 11.4. The van der Waals surface area contributed by atoms with Crippen LogP contribution in [0, 0.1) is 5.92 Å². The zero-order chi connectivity index (χ0) is 17.8. The molecule has 5 nitrogen and oxygen atoms in total. The molecule has 1 saturated heterocycles. The SMILES string of the molecule is CC(C)(C)[Si](C)(C)OC[C@@H]1[C@@H]2NC(=O)N[C@@]1(C)Oc1ccccc12. The highest BCUT2D eigenvalue weighted by molar-refractivity contribution is 6.74. The van der Waals surface area contributed by atoms with Crippen molar-refractivity contribution in [3.8, 4) is 5.75 Å². The summed E-state index contributed by atoms with van der Waals surface area (Å²) >= 11 is 0. The number of hydrogen-bond acceptors (Lipinski definition) is 3. The molecule has 1 aromatic rings. The van der Waals surface area contributed by atoms with Gasteiger partial charge in [0.1, 0.15) is 5.75 Å². The van der Waals surface area contributed by atoms with Gasteiger partial charge in [0.15, 0.2) is 14.0 Å². The number of urea groups is 1. The van der Waals surface area contributed by atoms with Crippen molar-refractivity contribution in [1.29, 1.82) is 0 Å². The lowest BCUT2D eigenvalue weighted by atomic mass is 9.81. The van der Waals surface area contributed by atoms with Crippen molar-refractivity contribution in [3.05, 3.63) is 29.8 Å². The highest BCUT2D eigenvalue weighted by Gasteiger charge is 2.53. The molecule has 0 unspecified atom stereocenters. The van der Waals surface area contributed by atoms with Gasteiger partial charge in [0, 0.05) is 12.2 Å². The van der Waals surface area contributed by atoms with E-state index in [0.717, 1.165) is 11.3 Å². The molecule has 132 valence electrons. The summed E-state index contributed by atoms with van der Waals surface area (Å²) in [4.78, 5) is 12.1. The maximum absolute atomic E-state index is 12.1. The van der Waals surface area contributed by atoms with E-state index in [1.54, 1.807) is 0 Å². The molecule has 1 aromatic carbocycles. The van der Waals surface area contributed by atoms with Crippen molar-refractivity contribution in [2.45, 2.75) is 57.6 Å². The van der Waals surface area contributed by atoms with Gasteiger partial charge in [0.25, 0.3) is 0 Å². The van der Waals surface area contributed by atoms with Crippen LogP contribution in [0.2, 0.25) is 18.1 Å². The summed E-state index contributed by atoms with van der Waals surface area (Å²) in [6.45, 7) is 13.7. The Morgan fingerprint density at radius 2 is 1.96 bits per heavy atom. The van der Waals surface area contributed by atoms with Crippen LogP contribution in [0.3, 0.4) is 0 Å². The number of amides is 2. The minimum atomic E-state index is -1.87. The fourth-order valence-electron chi connectivity index (χ4n) is 3.14. The highest BCUT2D eigenvalue weighted by Crippen LogP contribution is 2.46. The Morgan fingerprint density at radius 3 is 2.62 bits per heavy atom. The van der Waals surface area contributed by atoms with E-state index in [9.17, 15) is 4.79 Å². The monoisotopic (exact) mass is 348 g/mol. The fraction of sp³-hybridized carbons (Fsp3) is 0.611. The molecule has 3 atom stereocenters. The molecule has 3 rings (SSSR count). The van der Waals surface area contributed by atoms with E-state index in [0.29, 0.717) is 6.61 Å². The molecule has 0 aromatic heterocycles. The van der Waals surface area contributed by atoms with Crippen LogP contribution in [-0.2, 0) is 4.43 Å². The van der Waals surface area contributed by atoms with Crippen molar-refractivity contribution in [3.63, 3.8) is 0 Å². The van der Waals surface area contributed by atoms with Crippen molar-refractivity contribution < 1.29 is 14.0 Å². The van der Waals surface area contributed by atoms with E-state index in [2.05, 4.69) is 44.5 Å². The normalized spacial score (nSPS) is 29.2. The molecule has 2 aliphatic rings. The number of nitrogens with one attached hydrogen (secondary N) is 2. The predicted molar refractivity (Wildman–Crippen MR) is 96.5 cm³/mol. The third-order valence-electron chi connectivity index (χ3n) is 5.76. The maximum Gasteiger partial charge on any atom is 0.318 e. The molecule has 1 fully saturated rings. The Bertz CT molecular complexity index is 656. The minimum absolute atomic E-state index is 0.0132. The third-order valence-corrected chi connectivity index (χ3v) is 10.3. The van der Waals surface area contributed by atoms with E-state index < -0.39 is 14.0 Å². The Kier molecular flexibility index (Phi) is 3.96. The maximum atomic E-state index is 12.1. The van der Waals surface area contributed by atoms with Crippen LogP contribution < -0.4 is 15.4 Å². The largest absolute Gasteiger partial charge is 0.467 e. The molecule has 2 heterocycles. The summed E-state index contributed by atoms with van der Waals surface area (Å²) in [6.07, 6.45) is 0. The van der Waals surface area contributed by atoms with Gasteiger partial charge in [0.05, 0.1) is 12.0 Å². The lowest BCUT2D eigenvalue weighted by Crippen LogP contribution is -2.69. The quantitative estimate of drug-likeness (QED) is 0.817. The number of rotatable bonds is 3. The van der Waals surface area contributed by atoms with Crippen molar-refractivity contribution >= 4 is 14.3 Å². The summed E-state index contributed by atoms with van der Waals surface area (Å²) in [5.41, 5.74) is 0.262. The average molecular weight is 349 g/mol. The molecule has 2 amide bonds. The van der Waals surface area contributed by atoms with Gasteiger partial charge in [-0.3, -0.25) is 5.32 Å². The van der Waals surface area contributed by atoms with Gasteiger partial charge in [0.2, 0.25) is 0 Å². The summed E-state index contributed by atoms with van der Waals surface area (Å²) in [6, 6.07) is 7.60. The van der Waals surface area contributed by atoms with E-state index in [1.165, 1.54) is 0 Å². The highest BCUT2D eigenvalue weighted by atomic mass is 28.4. The molecule has 2 bridgehead atoms. The van der Waals surface area contributed by atoms with Crippen LogP contribution >= 0.6 is 0 Å². The van der Waals surface area contributed by atoms with Crippen LogP contribution in [0.1, 0.15) is 39.3 Å². The topological polar surface area (TPSA) is 59.6 Å². The minimum Gasteiger partial charge on any atom is -0.467 e. The molecule has 6 heteroatoms. The Labute approximate surface area is 145 Å². The number of fused-ring (bicyclic) bond motifs is 4. The van der Waals surface area contributed by atoms with Gasteiger partial charge >= 0.3 is 6.03 Å². The van der Waals surface area contributed by atoms with E-state index in [4.69, 9.17) is 9.16 Å². The molecule has 0 spiro atoms. The third kappa shape index (κ3) is 2.82. The van der Waals surface area contributed by atoms with Gasteiger partial charge < -0.3 is 14.5 Å². The first-order valence-electron chi connectivity index (χ1n) is 8.54. The van der Waals surface area contributed by atoms with Crippen LogP contribution in [0.4, 0.5) is 4.79 Å². The Balaban J connectivity index is 1.90. The molecule has 2 aliphatic heterocycles. The first kappa shape index (κ1) is 17.3. The molecule has 2 N–H and O–H groups in total. The Hall–Kier alpha value is -1.53. The van der Waals surface area contributed by atoms with Crippen LogP contribution in [0.25, 0.3) is 0 Å². The lowest BCUT2D eigenvalue weighted by molar-refractivity contribution is -0.0626.